The molecule has 10 heteroatoms. The first-order chi connectivity index (χ1) is 15.6. The molecule has 4 rings (SSSR count). The summed E-state index contributed by atoms with van der Waals surface area (Å²) in [6.07, 6.45) is 1.31. The molecule has 1 unspecified atom stereocenters. The molecule has 32 heavy (non-hydrogen) atoms. The predicted molar refractivity (Wildman–Crippen MR) is 122 cm³/mol. The van der Waals surface area contributed by atoms with Crippen molar-refractivity contribution >= 4 is 34.1 Å². The standard InChI is InChI=1S/C22H23N5O4S/c1-30-15-10-11-16(18(13-15)31-2)23-22(29)27-12-6-9-17(27)19(28)24-21-26-25-20(32-21)14-7-4-3-5-8-14/h3-5,7-8,10-11,13,17H,6,9,12H2,1-2H3,(H,23,29)(H,24,26,28). The highest BCUT2D eigenvalue weighted by molar-refractivity contribution is 7.18. The van der Waals surface area contributed by atoms with Crippen LogP contribution in [0.15, 0.2) is 48.5 Å². The van der Waals surface area contributed by atoms with Gasteiger partial charge in [0.2, 0.25) is 11.0 Å². The fourth-order valence-corrected chi connectivity index (χ4v) is 4.28. The minimum Gasteiger partial charge on any atom is -0.497 e. The van der Waals surface area contributed by atoms with E-state index in [0.717, 1.165) is 12.0 Å². The van der Waals surface area contributed by atoms with Gasteiger partial charge in [-0.3, -0.25) is 10.1 Å². The van der Waals surface area contributed by atoms with E-state index in [0.29, 0.717) is 40.3 Å². The van der Waals surface area contributed by atoms with E-state index in [1.165, 1.54) is 23.3 Å². The predicted octanol–water partition coefficient (Wildman–Crippen LogP) is 3.86. The van der Waals surface area contributed by atoms with Crippen LogP contribution >= 0.6 is 11.3 Å². The van der Waals surface area contributed by atoms with Crippen LogP contribution in [0.4, 0.5) is 15.6 Å². The molecule has 2 N–H and O–H groups in total. The SMILES string of the molecule is COc1ccc(NC(=O)N2CCCC2C(=O)Nc2nnc(-c3ccccc3)s2)c(OC)c1. The van der Waals surface area contributed by atoms with Crippen LogP contribution in [0.2, 0.25) is 0 Å². The molecule has 0 radical (unpaired) electrons. The molecule has 2 heterocycles. The van der Waals surface area contributed by atoms with Crippen molar-refractivity contribution in [1.82, 2.24) is 15.1 Å². The molecule has 1 aromatic heterocycles. The van der Waals surface area contributed by atoms with E-state index >= 15 is 0 Å². The number of rotatable bonds is 6. The number of likely N-dealkylation sites (tertiary alicyclic amines) is 1. The van der Waals surface area contributed by atoms with Crippen molar-refractivity contribution in [2.45, 2.75) is 18.9 Å². The number of methoxy groups -OCH3 is 2. The second-order valence-electron chi connectivity index (χ2n) is 7.12. The number of aromatic nitrogens is 2. The summed E-state index contributed by atoms with van der Waals surface area (Å²) in [6.45, 7) is 0.480. The van der Waals surface area contributed by atoms with Crippen LogP contribution in [-0.4, -0.2) is 53.8 Å². The smallest absolute Gasteiger partial charge is 0.322 e. The third-order valence-corrected chi connectivity index (χ3v) is 6.03. The molecule has 1 saturated heterocycles. The van der Waals surface area contributed by atoms with Gasteiger partial charge in [0, 0.05) is 18.2 Å². The molecular weight excluding hydrogens is 430 g/mol. The highest BCUT2D eigenvalue weighted by atomic mass is 32.1. The largest absolute Gasteiger partial charge is 0.497 e. The second kappa shape index (κ2) is 9.65. The molecule has 2 aromatic carbocycles. The average Bonchev–Trinajstić information content (AvgIpc) is 3.50. The fourth-order valence-electron chi connectivity index (χ4n) is 3.53. The highest BCUT2D eigenvalue weighted by Gasteiger charge is 2.35. The zero-order valence-corrected chi connectivity index (χ0v) is 18.5. The number of ether oxygens (including phenoxy) is 2. The van der Waals surface area contributed by atoms with Gasteiger partial charge in [0.15, 0.2) is 0 Å². The maximum absolute atomic E-state index is 12.9. The number of urea groups is 1. The van der Waals surface area contributed by atoms with Gasteiger partial charge < -0.3 is 19.7 Å². The van der Waals surface area contributed by atoms with E-state index in [1.54, 1.807) is 25.3 Å². The lowest BCUT2D eigenvalue weighted by Gasteiger charge is -2.24. The van der Waals surface area contributed by atoms with E-state index in [2.05, 4.69) is 20.8 Å². The summed E-state index contributed by atoms with van der Waals surface area (Å²) in [5, 5.41) is 15.0. The van der Waals surface area contributed by atoms with E-state index in [-0.39, 0.29) is 11.9 Å². The molecule has 3 amide bonds. The Hall–Kier alpha value is -3.66. The lowest BCUT2D eigenvalue weighted by Crippen LogP contribution is -2.45. The van der Waals surface area contributed by atoms with Crippen LogP contribution in [0.1, 0.15) is 12.8 Å². The molecule has 166 valence electrons. The quantitative estimate of drug-likeness (QED) is 0.587. The zero-order chi connectivity index (χ0) is 22.5. The maximum Gasteiger partial charge on any atom is 0.322 e. The van der Waals surface area contributed by atoms with Gasteiger partial charge in [-0.05, 0) is 25.0 Å². The number of hydrogen-bond acceptors (Lipinski definition) is 7. The topological polar surface area (TPSA) is 106 Å². The summed E-state index contributed by atoms with van der Waals surface area (Å²) in [5.74, 6) is 0.806. The monoisotopic (exact) mass is 453 g/mol. The van der Waals surface area contributed by atoms with Crippen LogP contribution in [0.25, 0.3) is 10.6 Å². The number of carbonyl (C=O) groups excluding carboxylic acids is 2. The molecule has 0 aliphatic carbocycles. The number of anilines is 2. The molecule has 1 aliphatic heterocycles. The zero-order valence-electron chi connectivity index (χ0n) is 17.7. The van der Waals surface area contributed by atoms with Crippen molar-refractivity contribution in [3.63, 3.8) is 0 Å². The number of hydrogen-bond donors (Lipinski definition) is 2. The van der Waals surface area contributed by atoms with Crippen molar-refractivity contribution in [3.05, 3.63) is 48.5 Å². The van der Waals surface area contributed by atoms with Gasteiger partial charge in [0.25, 0.3) is 0 Å². The Morgan fingerprint density at radius 1 is 1.06 bits per heavy atom. The van der Waals surface area contributed by atoms with Gasteiger partial charge in [-0.2, -0.15) is 0 Å². The molecule has 0 spiro atoms. The maximum atomic E-state index is 12.9. The molecule has 0 bridgehead atoms. The van der Waals surface area contributed by atoms with Crippen LogP contribution in [-0.2, 0) is 4.79 Å². The fraction of sp³-hybridized carbons (Fsp3) is 0.273. The van der Waals surface area contributed by atoms with Gasteiger partial charge in [-0.15, -0.1) is 10.2 Å². The van der Waals surface area contributed by atoms with Gasteiger partial charge in [-0.1, -0.05) is 41.7 Å². The summed E-state index contributed by atoms with van der Waals surface area (Å²) in [6, 6.07) is 13.8. The van der Waals surface area contributed by atoms with Crippen molar-refractivity contribution in [3.8, 4) is 22.1 Å². The lowest BCUT2D eigenvalue weighted by molar-refractivity contribution is -0.119. The van der Waals surface area contributed by atoms with E-state index < -0.39 is 6.04 Å². The van der Waals surface area contributed by atoms with Crippen LogP contribution in [0.3, 0.4) is 0 Å². The number of benzene rings is 2. The summed E-state index contributed by atoms with van der Waals surface area (Å²) in [7, 11) is 3.07. The van der Waals surface area contributed by atoms with Crippen molar-refractivity contribution in [1.29, 1.82) is 0 Å². The van der Waals surface area contributed by atoms with Crippen molar-refractivity contribution in [2.75, 3.05) is 31.4 Å². The normalized spacial score (nSPS) is 15.3. The number of nitrogens with zero attached hydrogens (tertiary/aromatic N) is 3. The summed E-state index contributed by atoms with van der Waals surface area (Å²) >= 11 is 1.29. The molecule has 3 aromatic rings. The van der Waals surface area contributed by atoms with Crippen LogP contribution in [0, 0.1) is 0 Å². The first-order valence-electron chi connectivity index (χ1n) is 10.1. The van der Waals surface area contributed by atoms with Gasteiger partial charge in [0.1, 0.15) is 22.5 Å². The number of amides is 3. The van der Waals surface area contributed by atoms with E-state index in [1.807, 2.05) is 30.3 Å². The van der Waals surface area contributed by atoms with Crippen molar-refractivity contribution in [2.24, 2.45) is 0 Å². The minimum atomic E-state index is -0.594. The first kappa shape index (κ1) is 21.6. The Morgan fingerprint density at radius 2 is 1.88 bits per heavy atom. The molecular formula is C22H23N5O4S. The van der Waals surface area contributed by atoms with E-state index in [4.69, 9.17) is 9.47 Å². The minimum absolute atomic E-state index is 0.282. The van der Waals surface area contributed by atoms with Crippen molar-refractivity contribution < 1.29 is 19.1 Å². The number of nitrogens with one attached hydrogen (secondary N) is 2. The Labute approximate surface area is 189 Å². The molecule has 9 nitrogen and oxygen atoms in total. The Balaban J connectivity index is 1.42. The van der Waals surface area contributed by atoms with Crippen LogP contribution < -0.4 is 20.1 Å². The molecule has 1 atom stereocenters. The van der Waals surface area contributed by atoms with E-state index in [9.17, 15) is 9.59 Å². The molecule has 1 aliphatic rings. The Bertz CT molecular complexity index is 1100. The van der Waals surface area contributed by atoms with Gasteiger partial charge in [0.05, 0.1) is 19.9 Å². The van der Waals surface area contributed by atoms with Gasteiger partial charge in [-0.25, -0.2) is 4.79 Å². The lowest BCUT2D eigenvalue weighted by atomic mass is 10.2. The summed E-state index contributed by atoms with van der Waals surface area (Å²) < 4.78 is 10.5. The van der Waals surface area contributed by atoms with Crippen LogP contribution in [0.5, 0.6) is 11.5 Å². The third kappa shape index (κ3) is 4.65. The number of carbonyl (C=O) groups is 2. The first-order valence-corrected chi connectivity index (χ1v) is 10.9. The highest BCUT2D eigenvalue weighted by Crippen LogP contribution is 2.31. The molecule has 0 saturated carbocycles. The average molecular weight is 454 g/mol. The Kier molecular flexibility index (Phi) is 6.50. The summed E-state index contributed by atoms with van der Waals surface area (Å²) in [4.78, 5) is 27.3. The van der Waals surface area contributed by atoms with Gasteiger partial charge >= 0.3 is 6.03 Å². The second-order valence-corrected chi connectivity index (χ2v) is 8.09. The Morgan fingerprint density at radius 3 is 2.62 bits per heavy atom. The third-order valence-electron chi connectivity index (χ3n) is 5.14. The summed E-state index contributed by atoms with van der Waals surface area (Å²) in [5.41, 5.74) is 1.43. The molecule has 1 fully saturated rings.